The third-order valence-corrected chi connectivity index (χ3v) is 5.06. The number of carbonyl (C=O) groups is 2. The second-order valence-corrected chi connectivity index (χ2v) is 7.27. The first kappa shape index (κ1) is 21.3. The van der Waals surface area contributed by atoms with Gasteiger partial charge in [0.2, 0.25) is 11.8 Å². The van der Waals surface area contributed by atoms with Gasteiger partial charge in [0.15, 0.2) is 0 Å². The summed E-state index contributed by atoms with van der Waals surface area (Å²) < 4.78 is 0. The van der Waals surface area contributed by atoms with Crippen LogP contribution >= 0.6 is 23.2 Å². The Morgan fingerprint density at radius 3 is 2.44 bits per heavy atom. The molecule has 2 rings (SSSR count). The summed E-state index contributed by atoms with van der Waals surface area (Å²) in [4.78, 5) is 27.0. The van der Waals surface area contributed by atoms with E-state index in [4.69, 9.17) is 23.2 Å². The zero-order valence-electron chi connectivity index (χ0n) is 15.8. The van der Waals surface area contributed by atoms with E-state index in [1.165, 1.54) is 0 Å². The summed E-state index contributed by atoms with van der Waals surface area (Å²) in [5.41, 5.74) is 2.76. The normalized spacial score (nSPS) is 11.7. The van der Waals surface area contributed by atoms with Crippen LogP contribution in [-0.2, 0) is 22.6 Å². The molecule has 0 saturated heterocycles. The van der Waals surface area contributed by atoms with Crippen molar-refractivity contribution in [3.05, 3.63) is 69.2 Å². The molecule has 0 aliphatic rings. The van der Waals surface area contributed by atoms with Gasteiger partial charge in [-0.25, -0.2) is 0 Å². The average molecular weight is 407 g/mol. The minimum Gasteiger partial charge on any atom is -0.355 e. The molecule has 0 fully saturated rings. The van der Waals surface area contributed by atoms with Crippen molar-refractivity contribution in [2.24, 2.45) is 0 Å². The lowest BCUT2D eigenvalue weighted by molar-refractivity contribution is -0.140. The zero-order valence-corrected chi connectivity index (χ0v) is 17.3. The van der Waals surface area contributed by atoms with Gasteiger partial charge >= 0.3 is 0 Å². The SMILES string of the molecule is CCNC(=O)C(C)N(Cc1ccccc1C)C(=O)Cc1ccc(Cl)cc1Cl. The molecular weight excluding hydrogens is 383 g/mol. The molecule has 0 aromatic heterocycles. The molecule has 4 nitrogen and oxygen atoms in total. The summed E-state index contributed by atoms with van der Waals surface area (Å²) in [6, 6.07) is 12.3. The number of hydrogen-bond acceptors (Lipinski definition) is 2. The maximum absolute atomic E-state index is 13.1. The summed E-state index contributed by atoms with van der Waals surface area (Å²) in [6.45, 7) is 6.45. The first-order valence-electron chi connectivity index (χ1n) is 8.89. The predicted octanol–water partition coefficient (Wildman–Crippen LogP) is 4.40. The summed E-state index contributed by atoms with van der Waals surface area (Å²) in [6.07, 6.45) is 0.103. The van der Waals surface area contributed by atoms with Gasteiger partial charge in [-0.1, -0.05) is 53.5 Å². The lowest BCUT2D eigenvalue weighted by Gasteiger charge is -2.29. The van der Waals surface area contributed by atoms with E-state index in [2.05, 4.69) is 5.32 Å². The van der Waals surface area contributed by atoms with Crippen LogP contribution < -0.4 is 5.32 Å². The van der Waals surface area contributed by atoms with Crippen LogP contribution in [0.15, 0.2) is 42.5 Å². The van der Waals surface area contributed by atoms with Gasteiger partial charge in [0.1, 0.15) is 6.04 Å². The maximum Gasteiger partial charge on any atom is 0.242 e. The summed E-state index contributed by atoms with van der Waals surface area (Å²) in [7, 11) is 0. The fourth-order valence-corrected chi connectivity index (χ4v) is 3.28. The number of amides is 2. The summed E-state index contributed by atoms with van der Waals surface area (Å²) in [5.74, 6) is -0.345. The van der Waals surface area contributed by atoms with E-state index < -0.39 is 6.04 Å². The fourth-order valence-electron chi connectivity index (χ4n) is 2.81. The summed E-state index contributed by atoms with van der Waals surface area (Å²) in [5, 5.41) is 3.75. The van der Waals surface area contributed by atoms with Crippen LogP contribution in [0.1, 0.15) is 30.5 Å². The fraction of sp³-hybridized carbons (Fsp3) is 0.333. The molecule has 0 spiro atoms. The molecule has 2 aromatic rings. The molecule has 0 radical (unpaired) electrons. The molecule has 1 atom stereocenters. The van der Waals surface area contributed by atoms with E-state index >= 15 is 0 Å². The van der Waals surface area contributed by atoms with Gasteiger partial charge in [0.05, 0.1) is 6.42 Å². The lowest BCUT2D eigenvalue weighted by atomic mass is 10.1. The molecule has 0 heterocycles. The van der Waals surface area contributed by atoms with Crippen LogP contribution in [0.5, 0.6) is 0 Å². The molecule has 27 heavy (non-hydrogen) atoms. The Morgan fingerprint density at radius 2 is 1.81 bits per heavy atom. The predicted molar refractivity (Wildman–Crippen MR) is 110 cm³/mol. The summed E-state index contributed by atoms with van der Waals surface area (Å²) >= 11 is 12.2. The molecular formula is C21H24Cl2N2O2. The smallest absolute Gasteiger partial charge is 0.242 e. The second-order valence-electron chi connectivity index (χ2n) is 6.43. The number of nitrogens with one attached hydrogen (secondary N) is 1. The van der Waals surface area contributed by atoms with Crippen molar-refractivity contribution in [3.63, 3.8) is 0 Å². The van der Waals surface area contributed by atoms with E-state index in [-0.39, 0.29) is 18.2 Å². The van der Waals surface area contributed by atoms with Crippen molar-refractivity contribution < 1.29 is 9.59 Å². The number of rotatable bonds is 7. The number of aryl methyl sites for hydroxylation is 1. The third kappa shape index (κ3) is 5.72. The molecule has 2 aromatic carbocycles. The van der Waals surface area contributed by atoms with Crippen molar-refractivity contribution in [3.8, 4) is 0 Å². The molecule has 2 amide bonds. The highest BCUT2D eigenvalue weighted by molar-refractivity contribution is 6.35. The van der Waals surface area contributed by atoms with Gasteiger partial charge in [0.25, 0.3) is 0 Å². The van der Waals surface area contributed by atoms with E-state index in [9.17, 15) is 9.59 Å². The van der Waals surface area contributed by atoms with Crippen molar-refractivity contribution in [1.82, 2.24) is 10.2 Å². The quantitative estimate of drug-likeness (QED) is 0.740. The van der Waals surface area contributed by atoms with Crippen molar-refractivity contribution in [1.29, 1.82) is 0 Å². The minimum absolute atomic E-state index is 0.103. The van der Waals surface area contributed by atoms with Crippen LogP contribution in [-0.4, -0.2) is 29.3 Å². The van der Waals surface area contributed by atoms with E-state index in [0.717, 1.165) is 11.1 Å². The van der Waals surface area contributed by atoms with Gasteiger partial charge in [0, 0.05) is 23.1 Å². The van der Waals surface area contributed by atoms with Crippen LogP contribution in [0.3, 0.4) is 0 Å². The Bertz CT molecular complexity index is 824. The first-order valence-corrected chi connectivity index (χ1v) is 9.64. The van der Waals surface area contributed by atoms with Gasteiger partial charge in [-0.05, 0) is 49.6 Å². The van der Waals surface area contributed by atoms with E-state index in [1.807, 2.05) is 38.1 Å². The first-order chi connectivity index (χ1) is 12.8. The standard InChI is InChI=1S/C21H24Cl2N2O2/c1-4-24-21(27)15(3)25(13-17-8-6-5-7-14(17)2)20(26)11-16-9-10-18(22)12-19(16)23/h5-10,12,15H,4,11,13H2,1-3H3,(H,24,27). The Morgan fingerprint density at radius 1 is 1.11 bits per heavy atom. The molecule has 1 unspecified atom stereocenters. The van der Waals surface area contributed by atoms with Gasteiger partial charge in [-0.2, -0.15) is 0 Å². The van der Waals surface area contributed by atoms with Gasteiger partial charge in [-0.15, -0.1) is 0 Å². The largest absolute Gasteiger partial charge is 0.355 e. The highest BCUT2D eigenvalue weighted by atomic mass is 35.5. The van der Waals surface area contributed by atoms with Crippen LogP contribution in [0.25, 0.3) is 0 Å². The minimum atomic E-state index is -0.594. The highest BCUT2D eigenvalue weighted by Crippen LogP contribution is 2.23. The number of likely N-dealkylation sites (N-methyl/N-ethyl adjacent to an activating group) is 1. The number of halogens is 2. The Labute approximate surface area is 170 Å². The van der Waals surface area contributed by atoms with Crippen molar-refractivity contribution in [2.45, 2.75) is 39.8 Å². The number of hydrogen-bond donors (Lipinski definition) is 1. The van der Waals surface area contributed by atoms with E-state index in [1.54, 1.807) is 30.0 Å². The molecule has 0 bridgehead atoms. The molecule has 144 valence electrons. The van der Waals surface area contributed by atoms with Crippen LogP contribution in [0.4, 0.5) is 0 Å². The molecule has 0 aliphatic carbocycles. The number of carbonyl (C=O) groups excluding carboxylic acids is 2. The Balaban J connectivity index is 2.28. The maximum atomic E-state index is 13.1. The molecule has 1 N–H and O–H groups in total. The molecule has 6 heteroatoms. The average Bonchev–Trinajstić information content (AvgIpc) is 2.63. The van der Waals surface area contributed by atoms with Crippen molar-refractivity contribution >= 4 is 35.0 Å². The van der Waals surface area contributed by atoms with Crippen LogP contribution in [0.2, 0.25) is 10.0 Å². The highest BCUT2D eigenvalue weighted by Gasteiger charge is 2.26. The molecule has 0 saturated carbocycles. The van der Waals surface area contributed by atoms with E-state index in [0.29, 0.717) is 28.7 Å². The third-order valence-electron chi connectivity index (χ3n) is 4.48. The molecule has 0 aliphatic heterocycles. The van der Waals surface area contributed by atoms with Crippen LogP contribution in [0, 0.1) is 6.92 Å². The Hall–Kier alpha value is -2.04. The Kier molecular flexibility index (Phi) is 7.69. The second kappa shape index (κ2) is 9.77. The van der Waals surface area contributed by atoms with Gasteiger partial charge in [-0.3, -0.25) is 9.59 Å². The van der Waals surface area contributed by atoms with Gasteiger partial charge < -0.3 is 10.2 Å². The number of benzene rings is 2. The zero-order chi connectivity index (χ0) is 20.0. The van der Waals surface area contributed by atoms with Crippen molar-refractivity contribution in [2.75, 3.05) is 6.54 Å². The monoisotopic (exact) mass is 406 g/mol. The topological polar surface area (TPSA) is 49.4 Å². The number of nitrogens with zero attached hydrogens (tertiary/aromatic N) is 1. The lowest BCUT2D eigenvalue weighted by Crippen LogP contribution is -2.48.